The van der Waals surface area contributed by atoms with Gasteiger partial charge in [-0.2, -0.15) is 11.3 Å². The molecule has 2 atom stereocenters. The molecule has 3 rings (SSSR count). The Hall–Kier alpha value is -1.36. The number of hydrogen-bond acceptors (Lipinski definition) is 4. The molecule has 116 valence electrons. The van der Waals surface area contributed by atoms with E-state index in [2.05, 4.69) is 21.7 Å². The Labute approximate surface area is 139 Å². The largest absolute Gasteiger partial charge is 0.468 e. The van der Waals surface area contributed by atoms with Gasteiger partial charge in [-0.3, -0.25) is 4.90 Å². The van der Waals surface area contributed by atoms with E-state index in [1.807, 2.05) is 24.3 Å². The number of esters is 1. The molecule has 1 aliphatic heterocycles. The SMILES string of the molecule is COC(=O)[C@H](c1ccccc1Cl)N1CCC[C@H]1c1ccsc1. The van der Waals surface area contributed by atoms with E-state index in [0.29, 0.717) is 5.02 Å². The van der Waals surface area contributed by atoms with Gasteiger partial charge >= 0.3 is 5.97 Å². The highest BCUT2D eigenvalue weighted by Gasteiger charge is 2.38. The molecular weight excluding hydrogens is 318 g/mol. The Morgan fingerprint density at radius 3 is 2.91 bits per heavy atom. The van der Waals surface area contributed by atoms with E-state index in [9.17, 15) is 4.79 Å². The highest BCUT2D eigenvalue weighted by molar-refractivity contribution is 7.07. The Balaban J connectivity index is 1.99. The maximum atomic E-state index is 12.4. The van der Waals surface area contributed by atoms with E-state index in [-0.39, 0.29) is 12.0 Å². The van der Waals surface area contributed by atoms with Crippen molar-refractivity contribution in [1.29, 1.82) is 0 Å². The van der Waals surface area contributed by atoms with Crippen LogP contribution in [0.4, 0.5) is 0 Å². The van der Waals surface area contributed by atoms with Gasteiger partial charge in [0.2, 0.25) is 0 Å². The molecule has 5 heteroatoms. The van der Waals surface area contributed by atoms with Crippen molar-refractivity contribution >= 4 is 28.9 Å². The summed E-state index contributed by atoms with van der Waals surface area (Å²) in [5.74, 6) is -0.254. The Morgan fingerprint density at radius 2 is 2.23 bits per heavy atom. The maximum absolute atomic E-state index is 12.4. The maximum Gasteiger partial charge on any atom is 0.327 e. The summed E-state index contributed by atoms with van der Waals surface area (Å²) in [7, 11) is 1.43. The fraction of sp³-hybridized carbons (Fsp3) is 0.353. The normalized spacial score (nSPS) is 20.0. The average Bonchev–Trinajstić information content (AvgIpc) is 3.19. The molecule has 0 aliphatic carbocycles. The molecule has 2 heterocycles. The van der Waals surface area contributed by atoms with Crippen LogP contribution in [0.3, 0.4) is 0 Å². The minimum atomic E-state index is -0.453. The predicted molar refractivity (Wildman–Crippen MR) is 89.2 cm³/mol. The highest BCUT2D eigenvalue weighted by Crippen LogP contribution is 2.41. The van der Waals surface area contributed by atoms with Crippen molar-refractivity contribution in [2.45, 2.75) is 24.9 Å². The fourth-order valence-corrected chi connectivity index (χ4v) is 4.12. The van der Waals surface area contributed by atoms with Gasteiger partial charge in [-0.15, -0.1) is 0 Å². The lowest BCUT2D eigenvalue weighted by molar-refractivity contribution is -0.147. The van der Waals surface area contributed by atoms with Gasteiger partial charge < -0.3 is 4.74 Å². The Kier molecular flexibility index (Phi) is 4.81. The second-order valence-corrected chi connectivity index (χ2v) is 6.59. The summed E-state index contributed by atoms with van der Waals surface area (Å²) in [6, 6.07) is 9.44. The van der Waals surface area contributed by atoms with Crippen molar-refractivity contribution in [2.75, 3.05) is 13.7 Å². The number of rotatable bonds is 4. The first kappa shape index (κ1) is 15.5. The summed E-state index contributed by atoms with van der Waals surface area (Å²) in [4.78, 5) is 14.7. The van der Waals surface area contributed by atoms with Crippen LogP contribution in [-0.2, 0) is 9.53 Å². The van der Waals surface area contributed by atoms with Crippen LogP contribution in [-0.4, -0.2) is 24.5 Å². The average molecular weight is 336 g/mol. The molecule has 22 heavy (non-hydrogen) atoms. The van der Waals surface area contributed by atoms with Crippen LogP contribution in [0.25, 0.3) is 0 Å². The quantitative estimate of drug-likeness (QED) is 0.773. The molecule has 1 aliphatic rings. The van der Waals surface area contributed by atoms with E-state index in [1.165, 1.54) is 12.7 Å². The van der Waals surface area contributed by atoms with Gasteiger partial charge in [0.15, 0.2) is 0 Å². The van der Waals surface area contributed by atoms with Gasteiger partial charge in [-0.1, -0.05) is 29.8 Å². The number of carbonyl (C=O) groups is 1. The molecule has 0 unspecified atom stereocenters. The van der Waals surface area contributed by atoms with Crippen LogP contribution in [0.15, 0.2) is 41.1 Å². The van der Waals surface area contributed by atoms with Gasteiger partial charge in [0.1, 0.15) is 6.04 Å². The summed E-state index contributed by atoms with van der Waals surface area (Å²) in [5.41, 5.74) is 2.08. The van der Waals surface area contributed by atoms with Crippen molar-refractivity contribution in [2.24, 2.45) is 0 Å². The summed E-state index contributed by atoms with van der Waals surface area (Å²) in [6.07, 6.45) is 2.12. The molecule has 2 aromatic rings. The van der Waals surface area contributed by atoms with Gasteiger partial charge in [-0.25, -0.2) is 4.79 Å². The smallest absolute Gasteiger partial charge is 0.327 e. The summed E-state index contributed by atoms with van der Waals surface area (Å²) in [6.45, 7) is 0.867. The molecular formula is C17H18ClNO2S. The minimum absolute atomic E-state index is 0.242. The number of thiophene rings is 1. The number of benzene rings is 1. The highest BCUT2D eigenvalue weighted by atomic mass is 35.5. The van der Waals surface area contributed by atoms with Crippen LogP contribution in [0.1, 0.15) is 36.1 Å². The van der Waals surface area contributed by atoms with E-state index in [0.717, 1.165) is 24.9 Å². The van der Waals surface area contributed by atoms with Crippen LogP contribution in [0.5, 0.6) is 0 Å². The third-order valence-electron chi connectivity index (χ3n) is 4.18. The standard InChI is InChI=1S/C17H18ClNO2S/c1-21-17(20)16(13-5-2-3-6-14(13)18)19-9-4-7-15(19)12-8-10-22-11-12/h2-3,5-6,8,10-11,15-16H,4,7,9H2,1H3/t15-,16-/m0/s1. The van der Waals surface area contributed by atoms with Crippen LogP contribution in [0.2, 0.25) is 5.02 Å². The molecule has 0 N–H and O–H groups in total. The first-order chi connectivity index (χ1) is 10.7. The summed E-state index contributed by atoms with van der Waals surface area (Å²) < 4.78 is 5.06. The second kappa shape index (κ2) is 6.82. The first-order valence-electron chi connectivity index (χ1n) is 7.32. The number of ether oxygens (including phenoxy) is 1. The van der Waals surface area contributed by atoms with Crippen molar-refractivity contribution in [3.05, 3.63) is 57.2 Å². The van der Waals surface area contributed by atoms with E-state index in [1.54, 1.807) is 11.3 Å². The fourth-order valence-electron chi connectivity index (χ4n) is 3.17. The molecule has 0 bridgehead atoms. The summed E-state index contributed by atoms with van der Waals surface area (Å²) >= 11 is 8.02. The molecule has 0 saturated carbocycles. The van der Waals surface area contributed by atoms with Crippen LogP contribution in [0, 0.1) is 0 Å². The van der Waals surface area contributed by atoms with Crippen LogP contribution < -0.4 is 0 Å². The van der Waals surface area contributed by atoms with Gasteiger partial charge in [-0.05, 0) is 53.4 Å². The van der Waals surface area contributed by atoms with Crippen molar-refractivity contribution in [3.8, 4) is 0 Å². The Morgan fingerprint density at radius 1 is 1.41 bits per heavy atom. The van der Waals surface area contributed by atoms with Gasteiger partial charge in [0.25, 0.3) is 0 Å². The van der Waals surface area contributed by atoms with E-state index >= 15 is 0 Å². The van der Waals surface area contributed by atoms with Crippen molar-refractivity contribution in [1.82, 2.24) is 4.90 Å². The topological polar surface area (TPSA) is 29.5 Å². The van der Waals surface area contributed by atoms with E-state index < -0.39 is 6.04 Å². The third-order valence-corrected chi connectivity index (χ3v) is 5.22. The number of methoxy groups -OCH3 is 1. The lowest BCUT2D eigenvalue weighted by Crippen LogP contribution is -2.34. The lowest BCUT2D eigenvalue weighted by Gasteiger charge is -2.31. The lowest BCUT2D eigenvalue weighted by atomic mass is 10.0. The number of likely N-dealkylation sites (tertiary alicyclic amines) is 1. The molecule has 1 saturated heterocycles. The van der Waals surface area contributed by atoms with Gasteiger partial charge in [0.05, 0.1) is 7.11 Å². The van der Waals surface area contributed by atoms with E-state index in [4.69, 9.17) is 16.3 Å². The van der Waals surface area contributed by atoms with Crippen molar-refractivity contribution < 1.29 is 9.53 Å². The second-order valence-electron chi connectivity index (χ2n) is 5.40. The molecule has 1 aromatic carbocycles. The molecule has 0 radical (unpaired) electrons. The molecule has 3 nitrogen and oxygen atoms in total. The summed E-state index contributed by atoms with van der Waals surface area (Å²) in [5, 5.41) is 4.84. The molecule has 0 amide bonds. The third kappa shape index (κ3) is 2.91. The zero-order chi connectivity index (χ0) is 15.5. The predicted octanol–water partition coefficient (Wildman–Crippen LogP) is 4.45. The molecule has 0 spiro atoms. The minimum Gasteiger partial charge on any atom is -0.468 e. The number of hydrogen-bond donors (Lipinski definition) is 0. The van der Waals surface area contributed by atoms with Crippen LogP contribution >= 0.6 is 22.9 Å². The number of nitrogens with zero attached hydrogens (tertiary/aromatic N) is 1. The first-order valence-corrected chi connectivity index (χ1v) is 8.64. The number of carbonyl (C=O) groups excluding carboxylic acids is 1. The Bertz CT molecular complexity index is 644. The zero-order valence-electron chi connectivity index (χ0n) is 12.4. The molecule has 1 fully saturated rings. The number of halogens is 1. The zero-order valence-corrected chi connectivity index (χ0v) is 13.9. The molecule has 1 aromatic heterocycles. The van der Waals surface area contributed by atoms with Gasteiger partial charge in [0, 0.05) is 11.1 Å². The van der Waals surface area contributed by atoms with Crippen molar-refractivity contribution in [3.63, 3.8) is 0 Å². The monoisotopic (exact) mass is 335 g/mol.